The number of hydrazine groups is 1. The molecule has 2 aromatic rings. The summed E-state index contributed by atoms with van der Waals surface area (Å²) in [7, 11) is 0. The molecule has 0 saturated heterocycles. The lowest BCUT2D eigenvalue weighted by Gasteiger charge is -2.18. The summed E-state index contributed by atoms with van der Waals surface area (Å²) < 4.78 is 11.2. The van der Waals surface area contributed by atoms with Crippen molar-refractivity contribution in [1.29, 1.82) is 0 Å². The van der Waals surface area contributed by atoms with Gasteiger partial charge in [0.25, 0.3) is 0 Å². The lowest BCUT2D eigenvalue weighted by Crippen LogP contribution is -2.29. The molecule has 6 nitrogen and oxygen atoms in total. The Morgan fingerprint density at radius 1 is 1.14 bits per heavy atom. The van der Waals surface area contributed by atoms with E-state index in [9.17, 15) is 0 Å². The van der Waals surface area contributed by atoms with E-state index < -0.39 is 0 Å². The molecule has 0 aliphatic carbocycles. The van der Waals surface area contributed by atoms with Crippen LogP contribution in [0.4, 0.5) is 0 Å². The van der Waals surface area contributed by atoms with Gasteiger partial charge in [-0.2, -0.15) is 0 Å². The highest BCUT2D eigenvalue weighted by molar-refractivity contribution is 5.45. The SMILES string of the molecule is CCOc1ccc(C(NN)c2ccncn2)cc1OCC. The molecule has 0 aliphatic heterocycles. The zero-order valence-corrected chi connectivity index (χ0v) is 12.2. The largest absolute Gasteiger partial charge is 0.490 e. The zero-order chi connectivity index (χ0) is 15.1. The first-order valence-electron chi connectivity index (χ1n) is 6.91. The normalized spacial score (nSPS) is 12.0. The molecule has 1 aromatic heterocycles. The predicted octanol–water partition coefficient (Wildman–Crippen LogP) is 1.83. The first-order chi connectivity index (χ1) is 10.3. The lowest BCUT2D eigenvalue weighted by molar-refractivity contribution is 0.287. The fourth-order valence-electron chi connectivity index (χ4n) is 2.07. The molecule has 1 atom stereocenters. The van der Waals surface area contributed by atoms with Gasteiger partial charge < -0.3 is 9.47 Å². The first kappa shape index (κ1) is 15.2. The van der Waals surface area contributed by atoms with Crippen LogP contribution in [-0.2, 0) is 0 Å². The lowest BCUT2D eigenvalue weighted by atomic mass is 10.0. The van der Waals surface area contributed by atoms with Crippen molar-refractivity contribution < 1.29 is 9.47 Å². The minimum Gasteiger partial charge on any atom is -0.490 e. The van der Waals surface area contributed by atoms with Crippen molar-refractivity contribution in [1.82, 2.24) is 15.4 Å². The number of ether oxygens (including phenoxy) is 2. The number of aromatic nitrogens is 2. The molecule has 1 heterocycles. The fourth-order valence-corrected chi connectivity index (χ4v) is 2.07. The summed E-state index contributed by atoms with van der Waals surface area (Å²) in [4.78, 5) is 8.15. The number of nitrogens with zero attached hydrogens (tertiary/aromatic N) is 2. The minimum atomic E-state index is -0.233. The average Bonchev–Trinajstić information content (AvgIpc) is 2.52. The Bertz CT molecular complexity index is 563. The highest BCUT2D eigenvalue weighted by atomic mass is 16.5. The van der Waals surface area contributed by atoms with Gasteiger partial charge in [-0.05, 0) is 37.6 Å². The van der Waals surface area contributed by atoms with E-state index in [1.807, 2.05) is 38.1 Å². The van der Waals surface area contributed by atoms with E-state index in [0.29, 0.717) is 19.0 Å². The molecule has 1 aromatic carbocycles. The van der Waals surface area contributed by atoms with Crippen molar-refractivity contribution in [2.45, 2.75) is 19.9 Å². The van der Waals surface area contributed by atoms with E-state index in [-0.39, 0.29) is 6.04 Å². The molecular weight excluding hydrogens is 268 g/mol. The van der Waals surface area contributed by atoms with E-state index in [4.69, 9.17) is 15.3 Å². The third-order valence-electron chi connectivity index (χ3n) is 2.97. The molecule has 3 N–H and O–H groups in total. The highest BCUT2D eigenvalue weighted by Crippen LogP contribution is 2.32. The Morgan fingerprint density at radius 2 is 1.90 bits per heavy atom. The maximum absolute atomic E-state index is 5.68. The van der Waals surface area contributed by atoms with Crippen LogP contribution in [0.1, 0.15) is 31.1 Å². The van der Waals surface area contributed by atoms with Crippen LogP contribution >= 0.6 is 0 Å². The third-order valence-corrected chi connectivity index (χ3v) is 2.97. The molecule has 0 aliphatic rings. The van der Waals surface area contributed by atoms with Crippen LogP contribution < -0.4 is 20.7 Å². The third kappa shape index (κ3) is 3.68. The van der Waals surface area contributed by atoms with E-state index in [0.717, 1.165) is 17.0 Å². The molecule has 0 fully saturated rings. The van der Waals surface area contributed by atoms with Crippen LogP contribution in [-0.4, -0.2) is 23.2 Å². The van der Waals surface area contributed by atoms with Crippen LogP contribution in [0.25, 0.3) is 0 Å². The topological polar surface area (TPSA) is 82.3 Å². The zero-order valence-electron chi connectivity index (χ0n) is 12.2. The Balaban J connectivity index is 2.35. The summed E-state index contributed by atoms with van der Waals surface area (Å²) in [5.74, 6) is 7.10. The van der Waals surface area contributed by atoms with Gasteiger partial charge in [0, 0.05) is 6.20 Å². The maximum atomic E-state index is 5.68. The molecule has 0 bridgehead atoms. The first-order valence-corrected chi connectivity index (χ1v) is 6.91. The molecule has 0 spiro atoms. The molecule has 0 radical (unpaired) electrons. The molecule has 112 valence electrons. The molecular formula is C15H20N4O2. The average molecular weight is 288 g/mol. The minimum absolute atomic E-state index is 0.233. The van der Waals surface area contributed by atoms with Gasteiger partial charge in [-0.25, -0.2) is 15.4 Å². The predicted molar refractivity (Wildman–Crippen MR) is 80.0 cm³/mol. The van der Waals surface area contributed by atoms with E-state index >= 15 is 0 Å². The maximum Gasteiger partial charge on any atom is 0.161 e. The summed E-state index contributed by atoms with van der Waals surface area (Å²) in [6, 6.07) is 7.33. The van der Waals surface area contributed by atoms with Crippen LogP contribution in [0.2, 0.25) is 0 Å². The Hall–Kier alpha value is -2.18. The van der Waals surface area contributed by atoms with Gasteiger partial charge >= 0.3 is 0 Å². The summed E-state index contributed by atoms with van der Waals surface area (Å²) in [5, 5.41) is 0. The molecule has 21 heavy (non-hydrogen) atoms. The molecule has 6 heteroatoms. The monoisotopic (exact) mass is 288 g/mol. The summed E-state index contributed by atoms with van der Waals surface area (Å²) in [6.07, 6.45) is 3.18. The van der Waals surface area contributed by atoms with Gasteiger partial charge in [-0.3, -0.25) is 5.84 Å². The van der Waals surface area contributed by atoms with Gasteiger partial charge in [0.1, 0.15) is 6.33 Å². The van der Waals surface area contributed by atoms with Crippen molar-refractivity contribution in [3.8, 4) is 11.5 Å². The molecule has 1 unspecified atom stereocenters. The molecule has 2 rings (SSSR count). The van der Waals surface area contributed by atoms with Gasteiger partial charge in [-0.15, -0.1) is 0 Å². The van der Waals surface area contributed by atoms with Gasteiger partial charge in [-0.1, -0.05) is 6.07 Å². The molecule has 0 saturated carbocycles. The Labute approximate surface area is 124 Å². The second kappa shape index (κ2) is 7.56. The summed E-state index contributed by atoms with van der Waals surface area (Å²) in [5.41, 5.74) is 4.51. The van der Waals surface area contributed by atoms with Crippen LogP contribution in [0.5, 0.6) is 11.5 Å². The van der Waals surface area contributed by atoms with Crippen molar-refractivity contribution in [2.75, 3.05) is 13.2 Å². The number of nitrogens with two attached hydrogens (primary N) is 1. The number of hydrogen-bond acceptors (Lipinski definition) is 6. The van der Waals surface area contributed by atoms with Gasteiger partial charge in [0.15, 0.2) is 11.5 Å². The molecule has 0 amide bonds. The Morgan fingerprint density at radius 3 is 2.52 bits per heavy atom. The smallest absolute Gasteiger partial charge is 0.161 e. The van der Waals surface area contributed by atoms with E-state index in [1.165, 1.54) is 6.33 Å². The Kier molecular flexibility index (Phi) is 5.48. The van der Waals surface area contributed by atoms with Crippen molar-refractivity contribution >= 4 is 0 Å². The highest BCUT2D eigenvalue weighted by Gasteiger charge is 2.16. The second-order valence-electron chi connectivity index (χ2n) is 4.31. The van der Waals surface area contributed by atoms with Gasteiger partial charge in [0.05, 0.1) is 24.9 Å². The summed E-state index contributed by atoms with van der Waals surface area (Å²) in [6.45, 7) is 5.03. The van der Waals surface area contributed by atoms with Crippen molar-refractivity contribution in [3.63, 3.8) is 0 Å². The van der Waals surface area contributed by atoms with Crippen LogP contribution in [0.3, 0.4) is 0 Å². The number of hydrogen-bond donors (Lipinski definition) is 2. The standard InChI is InChI=1S/C15H20N4O2/c1-3-20-13-6-5-11(9-14(13)21-4-2)15(19-16)12-7-8-17-10-18-12/h5-10,15,19H,3-4,16H2,1-2H3. The summed E-state index contributed by atoms with van der Waals surface area (Å²) >= 11 is 0. The quantitative estimate of drug-likeness (QED) is 0.597. The van der Waals surface area contributed by atoms with E-state index in [1.54, 1.807) is 6.20 Å². The number of benzene rings is 1. The number of nitrogens with one attached hydrogen (secondary N) is 1. The second-order valence-corrected chi connectivity index (χ2v) is 4.31. The van der Waals surface area contributed by atoms with Crippen LogP contribution in [0.15, 0.2) is 36.8 Å². The van der Waals surface area contributed by atoms with Crippen molar-refractivity contribution in [3.05, 3.63) is 48.0 Å². The number of rotatable bonds is 7. The van der Waals surface area contributed by atoms with E-state index in [2.05, 4.69) is 15.4 Å². The van der Waals surface area contributed by atoms with Crippen molar-refractivity contribution in [2.24, 2.45) is 5.84 Å². The fraction of sp³-hybridized carbons (Fsp3) is 0.333. The van der Waals surface area contributed by atoms with Crippen LogP contribution in [0, 0.1) is 0 Å². The van der Waals surface area contributed by atoms with Gasteiger partial charge in [0.2, 0.25) is 0 Å².